The Morgan fingerprint density at radius 1 is 1.33 bits per heavy atom. The largest absolute Gasteiger partial charge is 0.480 e. The van der Waals surface area contributed by atoms with E-state index in [-0.39, 0.29) is 10.6 Å². The second-order valence-corrected chi connectivity index (χ2v) is 5.62. The third-order valence-corrected chi connectivity index (χ3v) is 4.02. The Labute approximate surface area is 133 Å². The molecule has 0 heterocycles. The average Bonchev–Trinajstić information content (AvgIpc) is 2.37. The van der Waals surface area contributed by atoms with Crippen molar-refractivity contribution in [3.05, 3.63) is 27.7 Å². The summed E-state index contributed by atoms with van der Waals surface area (Å²) in [4.78, 5) is 23.4. The van der Waals surface area contributed by atoms with Crippen LogP contribution >= 0.6 is 35.0 Å². The number of carboxylic acids is 1. The lowest BCUT2D eigenvalue weighted by Crippen LogP contribution is -2.42. The van der Waals surface area contributed by atoms with Gasteiger partial charge in [0.25, 0.3) is 5.91 Å². The summed E-state index contributed by atoms with van der Waals surface area (Å²) in [5.41, 5.74) is -0.0223. The van der Waals surface area contributed by atoms with Gasteiger partial charge in [-0.2, -0.15) is 0 Å². The van der Waals surface area contributed by atoms with Crippen LogP contribution in [0.2, 0.25) is 10.0 Å². The van der Waals surface area contributed by atoms with Crippen molar-refractivity contribution >= 4 is 46.8 Å². The molecule has 0 aromatic heterocycles. The smallest absolute Gasteiger partial charge is 0.326 e. The van der Waals surface area contributed by atoms with Gasteiger partial charge in [-0.3, -0.25) is 4.79 Å². The van der Waals surface area contributed by atoms with E-state index in [4.69, 9.17) is 28.3 Å². The van der Waals surface area contributed by atoms with Gasteiger partial charge in [0, 0.05) is 11.3 Å². The Bertz CT molecular complexity index is 558. The number of carboxylic acid groups (broad SMARTS) is 1. The van der Waals surface area contributed by atoms with E-state index in [0.29, 0.717) is 9.92 Å². The van der Waals surface area contributed by atoms with Gasteiger partial charge in [-0.15, -0.1) is 11.8 Å². The van der Waals surface area contributed by atoms with Crippen molar-refractivity contribution in [3.63, 3.8) is 0 Å². The molecule has 1 atom stereocenters. The summed E-state index contributed by atoms with van der Waals surface area (Å²) in [7, 11) is 0. The summed E-state index contributed by atoms with van der Waals surface area (Å²) in [5, 5.41) is 11.2. The maximum Gasteiger partial charge on any atom is 0.326 e. The maximum absolute atomic E-state index is 12.3. The number of hydrogen-bond acceptors (Lipinski definition) is 3. The number of halogens is 4. The van der Waals surface area contributed by atoms with Crippen LogP contribution in [0.15, 0.2) is 17.0 Å². The number of hydrogen-bond donors (Lipinski definition) is 2. The molecule has 0 aliphatic carbocycles. The molecule has 0 radical (unpaired) electrons. The molecule has 4 nitrogen and oxygen atoms in total. The lowest BCUT2D eigenvalue weighted by Gasteiger charge is -2.15. The number of carbonyl (C=O) groups excluding carboxylic acids is 1. The normalized spacial score (nSPS) is 12.3. The molecule has 1 rings (SSSR count). The lowest BCUT2D eigenvalue weighted by atomic mass is 10.1. The first-order valence-corrected chi connectivity index (χ1v) is 7.59. The summed E-state index contributed by atoms with van der Waals surface area (Å²) in [6.07, 6.45) is -2.11. The molecule has 0 aliphatic rings. The molecule has 1 aromatic carbocycles. The number of thioether (sulfide) groups is 1. The first-order valence-electron chi connectivity index (χ1n) is 5.61. The first kappa shape index (κ1) is 18.0. The molecule has 2 N–H and O–H groups in total. The zero-order valence-corrected chi connectivity index (χ0v) is 13.0. The van der Waals surface area contributed by atoms with E-state index in [1.165, 1.54) is 23.9 Å². The summed E-state index contributed by atoms with van der Waals surface area (Å²) < 4.78 is 24.6. The minimum atomic E-state index is -2.85. The molecule has 116 valence electrons. The van der Waals surface area contributed by atoms with Gasteiger partial charge < -0.3 is 10.4 Å². The maximum atomic E-state index is 12.3. The van der Waals surface area contributed by atoms with Gasteiger partial charge in [0.15, 0.2) is 0 Å². The molecule has 0 saturated heterocycles. The minimum absolute atomic E-state index is 0.0106. The predicted molar refractivity (Wildman–Crippen MR) is 77.8 cm³/mol. The number of nitrogens with one attached hydrogen (secondary N) is 1. The fourth-order valence-electron chi connectivity index (χ4n) is 1.50. The lowest BCUT2D eigenvalue weighted by molar-refractivity contribution is -0.140. The Balaban J connectivity index is 3.00. The summed E-state index contributed by atoms with van der Waals surface area (Å²) in [6.45, 7) is 0. The van der Waals surface area contributed by atoms with Crippen LogP contribution in [0.3, 0.4) is 0 Å². The fraction of sp³-hybridized carbons (Fsp3) is 0.333. The Kier molecular flexibility index (Phi) is 6.70. The molecule has 0 spiro atoms. The van der Waals surface area contributed by atoms with E-state index in [2.05, 4.69) is 0 Å². The van der Waals surface area contributed by atoms with Crippen LogP contribution in [0, 0.1) is 0 Å². The quantitative estimate of drug-likeness (QED) is 0.764. The van der Waals surface area contributed by atoms with E-state index >= 15 is 0 Å². The van der Waals surface area contributed by atoms with Crippen molar-refractivity contribution in [1.29, 1.82) is 0 Å². The Hall–Kier alpha value is -1.05. The molecular formula is C12H11Cl2F2NO3S. The van der Waals surface area contributed by atoms with Gasteiger partial charge in [0.05, 0.1) is 15.6 Å². The van der Waals surface area contributed by atoms with Crippen LogP contribution in [-0.4, -0.2) is 35.7 Å². The van der Waals surface area contributed by atoms with Gasteiger partial charge in [0.2, 0.25) is 6.43 Å². The van der Waals surface area contributed by atoms with E-state index in [1.54, 1.807) is 6.26 Å². The van der Waals surface area contributed by atoms with Crippen molar-refractivity contribution in [2.45, 2.75) is 23.8 Å². The van der Waals surface area contributed by atoms with Gasteiger partial charge in [0.1, 0.15) is 6.04 Å². The van der Waals surface area contributed by atoms with Crippen molar-refractivity contribution in [2.75, 3.05) is 6.26 Å². The highest BCUT2D eigenvalue weighted by Gasteiger charge is 2.25. The van der Waals surface area contributed by atoms with E-state index in [9.17, 15) is 18.4 Å². The zero-order valence-electron chi connectivity index (χ0n) is 10.7. The first-order chi connectivity index (χ1) is 9.76. The average molecular weight is 358 g/mol. The van der Waals surface area contributed by atoms with E-state index in [1.807, 2.05) is 5.32 Å². The van der Waals surface area contributed by atoms with Gasteiger partial charge >= 0.3 is 5.97 Å². The third-order valence-electron chi connectivity index (χ3n) is 2.50. The van der Waals surface area contributed by atoms with Crippen LogP contribution in [0.4, 0.5) is 8.78 Å². The van der Waals surface area contributed by atoms with Crippen molar-refractivity contribution < 1.29 is 23.5 Å². The molecule has 0 bridgehead atoms. The summed E-state index contributed by atoms with van der Waals surface area (Å²) in [6, 6.07) is 1.03. The Morgan fingerprint density at radius 3 is 2.43 bits per heavy atom. The molecule has 0 fully saturated rings. The summed E-state index contributed by atoms with van der Waals surface area (Å²) >= 11 is 13.0. The number of alkyl halides is 2. The van der Waals surface area contributed by atoms with Crippen molar-refractivity contribution in [1.82, 2.24) is 5.32 Å². The fourth-order valence-corrected chi connectivity index (χ4v) is 2.69. The number of benzene rings is 1. The molecule has 1 amide bonds. The minimum Gasteiger partial charge on any atom is -0.480 e. The number of amides is 1. The summed E-state index contributed by atoms with van der Waals surface area (Å²) in [5.74, 6) is -2.39. The second kappa shape index (κ2) is 7.82. The van der Waals surface area contributed by atoms with Gasteiger partial charge in [-0.05, 0) is 18.4 Å². The molecule has 9 heteroatoms. The van der Waals surface area contributed by atoms with Crippen LogP contribution < -0.4 is 5.32 Å². The van der Waals surface area contributed by atoms with Crippen molar-refractivity contribution in [3.8, 4) is 0 Å². The predicted octanol–water partition coefficient (Wildman–Crippen LogP) is 3.55. The van der Waals surface area contributed by atoms with Crippen LogP contribution in [0.25, 0.3) is 0 Å². The topological polar surface area (TPSA) is 66.4 Å². The zero-order chi connectivity index (χ0) is 16.2. The number of carbonyl (C=O) groups is 2. The van der Waals surface area contributed by atoms with Gasteiger partial charge in [-0.1, -0.05) is 23.2 Å². The molecule has 21 heavy (non-hydrogen) atoms. The van der Waals surface area contributed by atoms with Crippen molar-refractivity contribution in [2.24, 2.45) is 0 Å². The molecular weight excluding hydrogens is 347 g/mol. The SMILES string of the molecule is CSc1cc(C(=O)NC(CC(F)F)C(=O)O)c(Cl)cc1Cl. The molecule has 0 aliphatic heterocycles. The van der Waals surface area contributed by atoms with Crippen LogP contribution in [0.5, 0.6) is 0 Å². The highest BCUT2D eigenvalue weighted by Crippen LogP contribution is 2.31. The monoisotopic (exact) mass is 357 g/mol. The van der Waals surface area contributed by atoms with Crippen LogP contribution in [0.1, 0.15) is 16.8 Å². The highest BCUT2D eigenvalue weighted by atomic mass is 35.5. The standard InChI is InChI=1S/C12H11Cl2F2NO3S/c1-21-9-2-5(6(13)3-7(9)14)11(18)17-8(12(19)20)4-10(15)16/h2-3,8,10H,4H2,1H3,(H,17,18)(H,19,20). The number of rotatable bonds is 6. The Morgan fingerprint density at radius 2 is 1.95 bits per heavy atom. The van der Waals surface area contributed by atoms with E-state index in [0.717, 1.165) is 0 Å². The third kappa shape index (κ3) is 5.01. The van der Waals surface area contributed by atoms with Gasteiger partial charge in [-0.25, -0.2) is 13.6 Å². The number of aliphatic carboxylic acids is 1. The molecule has 1 aromatic rings. The van der Waals surface area contributed by atoms with Crippen LogP contribution in [-0.2, 0) is 4.79 Å². The second-order valence-electron chi connectivity index (χ2n) is 3.96. The molecule has 1 unspecified atom stereocenters. The molecule has 0 saturated carbocycles. The highest BCUT2D eigenvalue weighted by molar-refractivity contribution is 7.98. The van der Waals surface area contributed by atoms with E-state index < -0.39 is 30.8 Å².